The van der Waals surface area contributed by atoms with Gasteiger partial charge in [0, 0.05) is 5.69 Å². The lowest BCUT2D eigenvalue weighted by Crippen LogP contribution is -2.12. The number of nitrogens with one attached hydrogen (secondary N) is 1. The van der Waals surface area contributed by atoms with E-state index in [1.807, 2.05) is 0 Å². The fraction of sp³-hybridized carbons (Fsp3) is 0.0769. The number of amides is 1. The average Bonchev–Trinajstić information content (AvgIpc) is 2.77. The molecule has 6 heteroatoms. The van der Waals surface area contributed by atoms with E-state index in [4.69, 9.17) is 16.7 Å². The van der Waals surface area contributed by atoms with Gasteiger partial charge in [0.1, 0.15) is 4.88 Å². The van der Waals surface area contributed by atoms with Crippen LogP contribution in [0.25, 0.3) is 0 Å². The minimum Gasteiger partial charge on any atom is -0.478 e. The molecule has 0 saturated carbocycles. The van der Waals surface area contributed by atoms with Crippen molar-refractivity contribution < 1.29 is 14.7 Å². The topological polar surface area (TPSA) is 66.4 Å². The molecule has 1 heterocycles. The van der Waals surface area contributed by atoms with E-state index in [1.54, 1.807) is 24.4 Å². The van der Waals surface area contributed by atoms with Crippen LogP contribution in [0.15, 0.2) is 29.6 Å². The molecule has 1 amide bonds. The van der Waals surface area contributed by atoms with Crippen LogP contribution in [0.5, 0.6) is 0 Å². The van der Waals surface area contributed by atoms with Crippen molar-refractivity contribution in [3.63, 3.8) is 0 Å². The van der Waals surface area contributed by atoms with Gasteiger partial charge >= 0.3 is 5.97 Å². The smallest absolute Gasteiger partial charge is 0.335 e. The predicted octanol–water partition coefficient (Wildman–Crippen LogP) is 3.66. The molecule has 0 spiro atoms. The van der Waals surface area contributed by atoms with Crippen molar-refractivity contribution in [3.05, 3.63) is 50.7 Å². The van der Waals surface area contributed by atoms with E-state index in [0.717, 1.165) is 0 Å². The fourth-order valence-electron chi connectivity index (χ4n) is 1.57. The van der Waals surface area contributed by atoms with Gasteiger partial charge in [-0.3, -0.25) is 4.79 Å². The normalized spacial score (nSPS) is 10.2. The third-order valence-electron chi connectivity index (χ3n) is 2.54. The average molecular weight is 296 g/mol. The van der Waals surface area contributed by atoms with Crippen LogP contribution in [0, 0.1) is 6.92 Å². The number of benzene rings is 1. The summed E-state index contributed by atoms with van der Waals surface area (Å²) in [7, 11) is 0. The Labute approximate surface area is 118 Å². The quantitative estimate of drug-likeness (QED) is 0.908. The minimum absolute atomic E-state index is 0.185. The Kier molecular flexibility index (Phi) is 3.87. The second-order valence-electron chi connectivity index (χ2n) is 3.89. The molecule has 4 nitrogen and oxygen atoms in total. The number of hydrogen-bond acceptors (Lipinski definition) is 3. The summed E-state index contributed by atoms with van der Waals surface area (Å²) in [5.74, 6) is -1.30. The number of carbonyl (C=O) groups is 2. The molecule has 0 aliphatic heterocycles. The van der Waals surface area contributed by atoms with Gasteiger partial charge in [0.15, 0.2) is 0 Å². The molecule has 0 aliphatic carbocycles. The van der Waals surface area contributed by atoms with Crippen LogP contribution < -0.4 is 5.32 Å². The van der Waals surface area contributed by atoms with Gasteiger partial charge in [-0.25, -0.2) is 4.79 Å². The molecule has 0 aliphatic rings. The SMILES string of the molecule is Cc1cc(C(=O)O)ccc1NC(=O)c1sccc1Cl. The Morgan fingerprint density at radius 3 is 2.58 bits per heavy atom. The molecule has 2 aromatic rings. The van der Waals surface area contributed by atoms with Gasteiger partial charge in [0.25, 0.3) is 5.91 Å². The number of thiophene rings is 1. The van der Waals surface area contributed by atoms with Crippen LogP contribution in [0.2, 0.25) is 5.02 Å². The molecule has 2 N–H and O–H groups in total. The van der Waals surface area contributed by atoms with Crippen LogP contribution in [-0.4, -0.2) is 17.0 Å². The molecular formula is C13H10ClNO3S. The summed E-state index contributed by atoms with van der Waals surface area (Å²) in [4.78, 5) is 23.2. The molecular weight excluding hydrogens is 286 g/mol. The molecule has 1 aromatic heterocycles. The molecule has 0 radical (unpaired) electrons. The van der Waals surface area contributed by atoms with Gasteiger partial charge < -0.3 is 10.4 Å². The maximum Gasteiger partial charge on any atom is 0.335 e. The summed E-state index contributed by atoms with van der Waals surface area (Å²) in [6, 6.07) is 6.18. The highest BCUT2D eigenvalue weighted by atomic mass is 35.5. The van der Waals surface area contributed by atoms with Gasteiger partial charge in [-0.15, -0.1) is 11.3 Å². The molecule has 98 valence electrons. The zero-order chi connectivity index (χ0) is 14.0. The van der Waals surface area contributed by atoms with Crippen molar-refractivity contribution in [2.24, 2.45) is 0 Å². The first-order valence-corrected chi connectivity index (χ1v) is 6.63. The second kappa shape index (κ2) is 5.42. The summed E-state index contributed by atoms with van der Waals surface area (Å²) in [6.07, 6.45) is 0. The Hall–Kier alpha value is -1.85. The van der Waals surface area contributed by atoms with Gasteiger partial charge in [0.2, 0.25) is 0 Å². The molecule has 0 bridgehead atoms. The van der Waals surface area contributed by atoms with Crippen molar-refractivity contribution in [1.82, 2.24) is 0 Å². The van der Waals surface area contributed by atoms with Crippen LogP contribution in [0.3, 0.4) is 0 Å². The molecule has 19 heavy (non-hydrogen) atoms. The van der Waals surface area contributed by atoms with Gasteiger partial charge in [-0.05, 0) is 42.1 Å². The number of aromatic carboxylic acids is 1. The number of aryl methyl sites for hydroxylation is 1. The summed E-state index contributed by atoms with van der Waals surface area (Å²) in [5, 5.41) is 13.7. The molecule has 1 aromatic carbocycles. The van der Waals surface area contributed by atoms with Gasteiger partial charge in [0.05, 0.1) is 10.6 Å². The number of rotatable bonds is 3. The van der Waals surface area contributed by atoms with E-state index < -0.39 is 5.97 Å². The first-order chi connectivity index (χ1) is 8.99. The van der Waals surface area contributed by atoms with Crippen LogP contribution in [-0.2, 0) is 0 Å². The van der Waals surface area contributed by atoms with E-state index in [0.29, 0.717) is 21.2 Å². The van der Waals surface area contributed by atoms with Crippen molar-refractivity contribution in [2.45, 2.75) is 6.92 Å². The number of halogens is 1. The summed E-state index contributed by atoms with van der Waals surface area (Å²) in [5.41, 5.74) is 1.44. The van der Waals surface area contributed by atoms with E-state index in [2.05, 4.69) is 5.32 Å². The van der Waals surface area contributed by atoms with Crippen molar-refractivity contribution >= 4 is 40.5 Å². The zero-order valence-electron chi connectivity index (χ0n) is 9.94. The van der Waals surface area contributed by atoms with Crippen molar-refractivity contribution in [2.75, 3.05) is 5.32 Å². The summed E-state index contributed by atoms with van der Waals surface area (Å²) < 4.78 is 0. The first-order valence-electron chi connectivity index (χ1n) is 5.37. The molecule has 2 rings (SSSR count). The molecule has 0 fully saturated rings. The van der Waals surface area contributed by atoms with Gasteiger partial charge in [-0.2, -0.15) is 0 Å². The lowest BCUT2D eigenvalue weighted by atomic mass is 10.1. The first kappa shape index (κ1) is 13.6. The van der Waals surface area contributed by atoms with Crippen LogP contribution >= 0.6 is 22.9 Å². The molecule has 0 atom stereocenters. The Bertz CT molecular complexity index is 651. The van der Waals surface area contributed by atoms with Crippen LogP contribution in [0.1, 0.15) is 25.6 Å². The molecule has 0 unspecified atom stereocenters. The number of carboxylic acid groups (broad SMARTS) is 1. The highest BCUT2D eigenvalue weighted by Gasteiger charge is 2.13. The number of carboxylic acids is 1. The Balaban J connectivity index is 2.23. The monoisotopic (exact) mass is 295 g/mol. The summed E-state index contributed by atoms with van der Waals surface area (Å²) >= 11 is 7.13. The maximum atomic E-state index is 12.0. The number of anilines is 1. The number of carbonyl (C=O) groups excluding carboxylic acids is 1. The largest absolute Gasteiger partial charge is 0.478 e. The number of hydrogen-bond donors (Lipinski definition) is 2. The molecule has 0 saturated heterocycles. The van der Waals surface area contributed by atoms with Crippen LogP contribution in [0.4, 0.5) is 5.69 Å². The minimum atomic E-state index is -0.998. The van der Waals surface area contributed by atoms with E-state index in [-0.39, 0.29) is 11.5 Å². The van der Waals surface area contributed by atoms with E-state index in [9.17, 15) is 9.59 Å². The predicted molar refractivity (Wildman–Crippen MR) is 75.4 cm³/mol. The Morgan fingerprint density at radius 2 is 2.05 bits per heavy atom. The third kappa shape index (κ3) is 2.94. The van der Waals surface area contributed by atoms with Crippen molar-refractivity contribution in [1.29, 1.82) is 0 Å². The fourth-order valence-corrected chi connectivity index (χ4v) is 2.61. The lowest BCUT2D eigenvalue weighted by molar-refractivity contribution is 0.0696. The van der Waals surface area contributed by atoms with Gasteiger partial charge in [-0.1, -0.05) is 11.6 Å². The van der Waals surface area contributed by atoms with Crippen molar-refractivity contribution in [3.8, 4) is 0 Å². The third-order valence-corrected chi connectivity index (χ3v) is 3.89. The van der Waals surface area contributed by atoms with E-state index in [1.165, 1.54) is 23.5 Å². The standard InChI is InChI=1S/C13H10ClNO3S/c1-7-6-8(13(17)18)2-3-10(7)15-12(16)11-9(14)4-5-19-11/h2-6H,1H3,(H,15,16)(H,17,18). The second-order valence-corrected chi connectivity index (χ2v) is 5.21. The maximum absolute atomic E-state index is 12.0. The lowest BCUT2D eigenvalue weighted by Gasteiger charge is -2.08. The van der Waals surface area contributed by atoms with E-state index >= 15 is 0 Å². The highest BCUT2D eigenvalue weighted by molar-refractivity contribution is 7.12. The summed E-state index contributed by atoms with van der Waals surface area (Å²) in [6.45, 7) is 1.73. The highest BCUT2D eigenvalue weighted by Crippen LogP contribution is 2.24. The Morgan fingerprint density at radius 1 is 1.32 bits per heavy atom. The zero-order valence-corrected chi connectivity index (χ0v) is 11.5.